The van der Waals surface area contributed by atoms with Crippen LogP contribution in [0.4, 0.5) is 0 Å². The molecule has 0 aliphatic heterocycles. The Morgan fingerprint density at radius 3 is 1.90 bits per heavy atom. The molecule has 0 aromatic heterocycles. The van der Waals surface area contributed by atoms with Crippen molar-refractivity contribution in [1.82, 2.24) is 4.72 Å². The van der Waals surface area contributed by atoms with E-state index in [0.29, 0.717) is 0 Å². The molecule has 0 heterocycles. The third kappa shape index (κ3) is 4.65. The van der Waals surface area contributed by atoms with Crippen molar-refractivity contribution >= 4 is 10.2 Å². The van der Waals surface area contributed by atoms with Crippen LogP contribution in [0.3, 0.4) is 0 Å². The Balaban J connectivity index is 3.87. The zero-order chi connectivity index (χ0) is 8.20. The van der Waals surface area contributed by atoms with Crippen LogP contribution in [0.1, 0.15) is 0 Å². The maximum absolute atomic E-state index is 10.2. The molecular weight excluding hydrogens is 160 g/mol. The number of rotatable bonds is 4. The van der Waals surface area contributed by atoms with Crippen LogP contribution >= 0.6 is 0 Å². The van der Waals surface area contributed by atoms with Crippen molar-refractivity contribution in [3.63, 3.8) is 0 Å². The monoisotopic (exact) mass is 170 g/mol. The second kappa shape index (κ2) is 3.84. The molecule has 0 aromatic carbocycles. The van der Waals surface area contributed by atoms with Crippen LogP contribution in [0, 0.1) is 0 Å². The quantitative estimate of drug-likeness (QED) is 0.363. The third-order valence-corrected chi connectivity index (χ3v) is 1.43. The Hall–Kier alpha value is -0.210. The van der Waals surface area contributed by atoms with E-state index in [1.165, 1.54) is 0 Å². The van der Waals surface area contributed by atoms with Gasteiger partial charge in [0.2, 0.25) is 0 Å². The lowest BCUT2D eigenvalue weighted by Gasteiger charge is -2.09. The number of hydrogen-bond acceptors (Lipinski definition) is 4. The van der Waals surface area contributed by atoms with Crippen LogP contribution in [0.15, 0.2) is 0 Å². The molecule has 0 aromatic rings. The molecule has 0 saturated heterocycles. The average molecular weight is 170 g/mol. The van der Waals surface area contributed by atoms with E-state index in [-0.39, 0.29) is 0 Å². The van der Waals surface area contributed by atoms with Gasteiger partial charge in [0.05, 0.1) is 19.3 Å². The van der Waals surface area contributed by atoms with Gasteiger partial charge in [-0.2, -0.15) is 13.1 Å². The fourth-order valence-corrected chi connectivity index (χ4v) is 0.978. The van der Waals surface area contributed by atoms with Crippen molar-refractivity contribution in [3.05, 3.63) is 0 Å². The van der Waals surface area contributed by atoms with Crippen molar-refractivity contribution in [1.29, 1.82) is 0 Å². The standard InChI is InChI=1S/C3H10N2O4S/c4-10(8,9)5-3(1-6)2-7/h3,5-7H,1-2H2,(H2,4,8,9). The van der Waals surface area contributed by atoms with Gasteiger partial charge in [-0.1, -0.05) is 0 Å². The number of hydrogen-bond donors (Lipinski definition) is 4. The molecule has 0 saturated carbocycles. The van der Waals surface area contributed by atoms with Gasteiger partial charge in [0, 0.05) is 0 Å². The van der Waals surface area contributed by atoms with Gasteiger partial charge in [-0.3, -0.25) is 0 Å². The maximum atomic E-state index is 10.2. The Kier molecular flexibility index (Phi) is 3.76. The zero-order valence-electron chi connectivity index (χ0n) is 5.19. The summed E-state index contributed by atoms with van der Waals surface area (Å²) in [7, 11) is -3.82. The lowest BCUT2D eigenvalue weighted by molar-refractivity contribution is 0.185. The SMILES string of the molecule is NS(=O)(=O)NC(CO)CO. The summed E-state index contributed by atoms with van der Waals surface area (Å²) in [6, 6.07) is -0.907. The first-order valence-electron chi connectivity index (χ1n) is 2.51. The number of aliphatic hydroxyl groups excluding tert-OH is 2. The smallest absolute Gasteiger partial charge is 0.274 e. The summed E-state index contributed by atoms with van der Waals surface area (Å²) >= 11 is 0. The summed E-state index contributed by atoms with van der Waals surface area (Å²) in [6.07, 6.45) is 0. The maximum Gasteiger partial charge on any atom is 0.274 e. The molecular formula is C3H10N2O4S. The van der Waals surface area contributed by atoms with Crippen LogP contribution in [0.25, 0.3) is 0 Å². The normalized spacial score (nSPS) is 12.4. The predicted octanol–water partition coefficient (Wildman–Crippen LogP) is -2.87. The van der Waals surface area contributed by atoms with Gasteiger partial charge in [-0.05, 0) is 0 Å². The molecule has 0 rings (SSSR count). The molecule has 62 valence electrons. The first-order chi connectivity index (χ1) is 4.49. The van der Waals surface area contributed by atoms with Crippen molar-refractivity contribution in [2.75, 3.05) is 13.2 Å². The molecule has 7 heteroatoms. The van der Waals surface area contributed by atoms with Crippen LogP contribution < -0.4 is 9.86 Å². The minimum Gasteiger partial charge on any atom is -0.395 e. The molecule has 0 fully saturated rings. The van der Waals surface area contributed by atoms with E-state index in [1.54, 1.807) is 4.72 Å². The fraction of sp³-hybridized carbons (Fsp3) is 1.00. The highest BCUT2D eigenvalue weighted by Crippen LogP contribution is 1.80. The van der Waals surface area contributed by atoms with Crippen LogP contribution in [0.5, 0.6) is 0 Å². The minimum absolute atomic E-state index is 0.479. The zero-order valence-corrected chi connectivity index (χ0v) is 6.00. The molecule has 0 bridgehead atoms. The molecule has 0 unspecified atom stereocenters. The van der Waals surface area contributed by atoms with Crippen molar-refractivity contribution in [2.24, 2.45) is 5.14 Å². The van der Waals surface area contributed by atoms with Gasteiger partial charge in [-0.25, -0.2) is 5.14 Å². The molecule has 0 aliphatic rings. The van der Waals surface area contributed by atoms with E-state index < -0.39 is 29.5 Å². The Bertz CT molecular complexity index is 173. The Morgan fingerprint density at radius 2 is 1.80 bits per heavy atom. The largest absolute Gasteiger partial charge is 0.395 e. The number of nitrogens with two attached hydrogens (primary N) is 1. The van der Waals surface area contributed by atoms with Crippen molar-refractivity contribution < 1.29 is 18.6 Å². The Labute approximate surface area is 58.8 Å². The number of nitrogens with one attached hydrogen (secondary N) is 1. The van der Waals surface area contributed by atoms with E-state index in [9.17, 15) is 8.42 Å². The van der Waals surface area contributed by atoms with Gasteiger partial charge < -0.3 is 10.2 Å². The number of aliphatic hydroxyl groups is 2. The fourth-order valence-electron chi connectivity index (χ4n) is 0.365. The van der Waals surface area contributed by atoms with E-state index in [2.05, 4.69) is 5.14 Å². The molecule has 0 spiro atoms. The van der Waals surface area contributed by atoms with Gasteiger partial charge in [0.1, 0.15) is 0 Å². The predicted molar refractivity (Wildman–Crippen MR) is 34.2 cm³/mol. The summed E-state index contributed by atoms with van der Waals surface area (Å²) in [5.74, 6) is 0. The molecule has 6 nitrogen and oxygen atoms in total. The topological polar surface area (TPSA) is 113 Å². The first kappa shape index (κ1) is 9.79. The Morgan fingerprint density at radius 1 is 1.40 bits per heavy atom. The van der Waals surface area contributed by atoms with Gasteiger partial charge in [0.25, 0.3) is 10.2 Å². The second-order valence-corrected chi connectivity index (χ2v) is 3.05. The molecule has 5 N–H and O–H groups in total. The van der Waals surface area contributed by atoms with E-state index in [1.807, 2.05) is 0 Å². The van der Waals surface area contributed by atoms with Crippen LogP contribution in [0.2, 0.25) is 0 Å². The van der Waals surface area contributed by atoms with E-state index in [4.69, 9.17) is 10.2 Å². The second-order valence-electron chi connectivity index (χ2n) is 1.72. The summed E-state index contributed by atoms with van der Waals surface area (Å²) in [6.45, 7) is -0.958. The highest BCUT2D eigenvalue weighted by atomic mass is 32.2. The molecule has 0 radical (unpaired) electrons. The average Bonchev–Trinajstić information content (AvgIpc) is 1.81. The summed E-state index contributed by atoms with van der Waals surface area (Å²) in [4.78, 5) is 0. The molecule has 0 atom stereocenters. The van der Waals surface area contributed by atoms with E-state index in [0.717, 1.165) is 0 Å². The summed E-state index contributed by atoms with van der Waals surface area (Å²) in [5.41, 5.74) is 0. The highest BCUT2D eigenvalue weighted by molar-refractivity contribution is 7.87. The molecule has 10 heavy (non-hydrogen) atoms. The molecule has 0 aliphatic carbocycles. The lowest BCUT2D eigenvalue weighted by atomic mass is 10.4. The highest BCUT2D eigenvalue weighted by Gasteiger charge is 2.10. The van der Waals surface area contributed by atoms with Crippen LogP contribution in [-0.2, 0) is 10.2 Å². The first-order valence-corrected chi connectivity index (χ1v) is 4.06. The van der Waals surface area contributed by atoms with Crippen LogP contribution in [-0.4, -0.2) is 37.9 Å². The molecule has 0 amide bonds. The lowest BCUT2D eigenvalue weighted by Crippen LogP contribution is -2.43. The van der Waals surface area contributed by atoms with Gasteiger partial charge in [-0.15, -0.1) is 0 Å². The van der Waals surface area contributed by atoms with Crippen molar-refractivity contribution in [3.8, 4) is 0 Å². The van der Waals surface area contributed by atoms with Gasteiger partial charge in [0.15, 0.2) is 0 Å². The van der Waals surface area contributed by atoms with Crippen molar-refractivity contribution in [2.45, 2.75) is 6.04 Å². The summed E-state index contributed by atoms with van der Waals surface area (Å²) < 4.78 is 22.2. The minimum atomic E-state index is -3.82. The van der Waals surface area contributed by atoms with E-state index >= 15 is 0 Å². The third-order valence-electron chi connectivity index (χ3n) is 0.772. The summed E-state index contributed by atoms with van der Waals surface area (Å²) in [5, 5.41) is 21.2. The van der Waals surface area contributed by atoms with Gasteiger partial charge >= 0.3 is 0 Å².